The van der Waals surface area contributed by atoms with E-state index in [2.05, 4.69) is 5.32 Å². The lowest BCUT2D eigenvalue weighted by atomic mass is 9.89. The largest absolute Gasteiger partial charge is 0.733 e. The molecule has 6 nitrogen and oxygen atoms in total. The van der Waals surface area contributed by atoms with Crippen LogP contribution >= 0.6 is 0 Å². The van der Waals surface area contributed by atoms with Crippen LogP contribution in [0, 0.1) is 5.21 Å². The minimum atomic E-state index is -0.139. The number of ether oxygens (including phenoxy) is 2. The second kappa shape index (κ2) is 6.45. The number of methoxy groups -OCH3 is 2. The SMILES string of the molecule is COc1cc2c(cc1OC)[C@H](c1ccc(N([O-])O)cc1)NCC2. The second-order valence-electron chi connectivity index (χ2n) is 5.41. The Kier molecular flexibility index (Phi) is 4.38. The molecule has 1 aliphatic heterocycles. The molecule has 2 aromatic rings. The lowest BCUT2D eigenvalue weighted by molar-refractivity contribution is 0.296. The number of anilines is 1. The van der Waals surface area contributed by atoms with Gasteiger partial charge in [0, 0.05) is 6.54 Å². The van der Waals surface area contributed by atoms with Crippen molar-refractivity contribution in [1.29, 1.82) is 0 Å². The van der Waals surface area contributed by atoms with Crippen molar-refractivity contribution in [3.05, 3.63) is 58.3 Å². The van der Waals surface area contributed by atoms with Gasteiger partial charge in [-0.05, 0) is 47.4 Å². The summed E-state index contributed by atoms with van der Waals surface area (Å²) in [6.07, 6.45) is 0.912. The molecule has 3 rings (SSSR count). The summed E-state index contributed by atoms with van der Waals surface area (Å²) < 4.78 is 10.8. The van der Waals surface area contributed by atoms with E-state index in [0.717, 1.165) is 29.8 Å². The fraction of sp³-hybridized carbons (Fsp3) is 0.294. The van der Waals surface area contributed by atoms with Crippen LogP contribution in [-0.4, -0.2) is 26.0 Å². The van der Waals surface area contributed by atoms with Gasteiger partial charge in [0.05, 0.1) is 25.9 Å². The first kappa shape index (κ1) is 15.6. The third kappa shape index (κ3) is 2.96. The van der Waals surface area contributed by atoms with Crippen LogP contribution < -0.4 is 20.0 Å². The van der Waals surface area contributed by atoms with Crippen LogP contribution in [0.2, 0.25) is 0 Å². The monoisotopic (exact) mass is 315 g/mol. The molecule has 122 valence electrons. The summed E-state index contributed by atoms with van der Waals surface area (Å²) in [6, 6.07) is 10.9. The average Bonchev–Trinajstić information content (AvgIpc) is 2.60. The molecule has 23 heavy (non-hydrogen) atoms. The minimum Gasteiger partial charge on any atom is -0.733 e. The van der Waals surface area contributed by atoms with Gasteiger partial charge in [-0.2, -0.15) is 0 Å². The Hall–Kier alpha value is -2.28. The van der Waals surface area contributed by atoms with Gasteiger partial charge in [-0.15, -0.1) is 0 Å². The Balaban J connectivity index is 2.00. The lowest BCUT2D eigenvalue weighted by Crippen LogP contribution is -2.30. The number of benzene rings is 2. The van der Waals surface area contributed by atoms with E-state index >= 15 is 0 Å². The molecule has 1 aliphatic rings. The van der Waals surface area contributed by atoms with Gasteiger partial charge in [0.25, 0.3) is 0 Å². The van der Waals surface area contributed by atoms with E-state index in [1.54, 1.807) is 26.4 Å². The molecule has 1 heterocycles. The van der Waals surface area contributed by atoms with E-state index in [9.17, 15) is 5.21 Å². The van der Waals surface area contributed by atoms with E-state index in [4.69, 9.17) is 14.7 Å². The van der Waals surface area contributed by atoms with Crippen molar-refractivity contribution in [1.82, 2.24) is 5.32 Å². The number of nitrogens with one attached hydrogen (secondary N) is 1. The smallest absolute Gasteiger partial charge is 0.161 e. The van der Waals surface area contributed by atoms with Crippen molar-refractivity contribution >= 4 is 5.69 Å². The number of hydrogen-bond donors (Lipinski definition) is 2. The first-order chi connectivity index (χ1) is 11.1. The first-order valence-electron chi connectivity index (χ1n) is 7.38. The molecule has 0 saturated heterocycles. The van der Waals surface area contributed by atoms with Gasteiger partial charge in [-0.25, -0.2) is 0 Å². The Morgan fingerprint density at radius 3 is 2.39 bits per heavy atom. The average molecular weight is 315 g/mol. The molecule has 0 aromatic heterocycles. The van der Waals surface area contributed by atoms with E-state index in [1.165, 1.54) is 5.56 Å². The van der Waals surface area contributed by atoms with Crippen LogP contribution in [0.3, 0.4) is 0 Å². The molecule has 6 heteroatoms. The summed E-state index contributed by atoms with van der Waals surface area (Å²) in [5.41, 5.74) is 3.56. The molecule has 0 radical (unpaired) electrons. The zero-order valence-electron chi connectivity index (χ0n) is 13.1. The third-order valence-electron chi connectivity index (χ3n) is 4.15. The topological polar surface area (TPSA) is 77.0 Å². The molecule has 0 bridgehead atoms. The van der Waals surface area contributed by atoms with Gasteiger partial charge < -0.3 is 25.2 Å². The van der Waals surface area contributed by atoms with E-state index < -0.39 is 0 Å². The van der Waals surface area contributed by atoms with Crippen LogP contribution in [0.1, 0.15) is 22.7 Å². The quantitative estimate of drug-likeness (QED) is 0.845. The fourth-order valence-electron chi connectivity index (χ4n) is 2.97. The van der Waals surface area contributed by atoms with Gasteiger partial charge in [0.1, 0.15) is 0 Å². The molecule has 1 atom stereocenters. The Morgan fingerprint density at radius 2 is 1.78 bits per heavy atom. The standard InChI is InChI=1S/C17H19N2O4/c1-22-15-9-12-7-8-18-17(14(12)10-16(15)23-2)11-3-5-13(6-4-11)19(20)21/h3-6,9-10,17-18,20H,7-8H2,1-2H3/q-1/t17-/m0/s1. The summed E-state index contributed by atoms with van der Waals surface area (Å²) >= 11 is 0. The zero-order valence-corrected chi connectivity index (χ0v) is 13.1. The number of rotatable bonds is 4. The molecule has 0 unspecified atom stereocenters. The highest BCUT2D eigenvalue weighted by molar-refractivity contribution is 5.53. The fourth-order valence-corrected chi connectivity index (χ4v) is 2.97. The van der Waals surface area contributed by atoms with Crippen molar-refractivity contribution in [2.75, 3.05) is 26.0 Å². The number of hydrogen-bond acceptors (Lipinski definition) is 6. The summed E-state index contributed by atoms with van der Waals surface area (Å²) in [6.45, 7) is 0.850. The summed E-state index contributed by atoms with van der Waals surface area (Å²) in [4.78, 5) is 0. The lowest BCUT2D eigenvalue weighted by Gasteiger charge is -2.29. The van der Waals surface area contributed by atoms with Crippen molar-refractivity contribution in [2.24, 2.45) is 0 Å². The molecule has 2 aromatic carbocycles. The third-order valence-corrected chi connectivity index (χ3v) is 4.15. The molecule has 0 aliphatic carbocycles. The van der Waals surface area contributed by atoms with E-state index in [1.807, 2.05) is 24.3 Å². The summed E-state index contributed by atoms with van der Waals surface area (Å²) in [5.74, 6) is 1.42. The van der Waals surface area contributed by atoms with Crippen LogP contribution in [0.5, 0.6) is 11.5 Å². The van der Waals surface area contributed by atoms with Crippen LogP contribution in [0.4, 0.5) is 5.69 Å². The van der Waals surface area contributed by atoms with Crippen molar-refractivity contribution in [3.63, 3.8) is 0 Å². The van der Waals surface area contributed by atoms with Crippen LogP contribution in [0.15, 0.2) is 36.4 Å². The van der Waals surface area contributed by atoms with Gasteiger partial charge in [0.2, 0.25) is 0 Å². The number of fused-ring (bicyclic) bond motifs is 1. The van der Waals surface area contributed by atoms with Gasteiger partial charge >= 0.3 is 0 Å². The normalized spacial score (nSPS) is 16.6. The summed E-state index contributed by atoms with van der Waals surface area (Å²) in [5, 5.41) is 23.2. The molecular weight excluding hydrogens is 296 g/mol. The maximum atomic E-state index is 10.9. The van der Waals surface area contributed by atoms with Crippen molar-refractivity contribution in [2.45, 2.75) is 12.5 Å². The van der Waals surface area contributed by atoms with E-state index in [-0.39, 0.29) is 17.0 Å². The molecular formula is C17H19N2O4-. The maximum Gasteiger partial charge on any atom is 0.161 e. The summed E-state index contributed by atoms with van der Waals surface area (Å²) in [7, 11) is 3.25. The molecule has 0 fully saturated rings. The molecule has 2 N–H and O–H groups in total. The van der Waals surface area contributed by atoms with Gasteiger partial charge in [-0.3, -0.25) is 5.21 Å². The molecule has 0 spiro atoms. The van der Waals surface area contributed by atoms with Gasteiger partial charge in [0.15, 0.2) is 11.5 Å². The number of nitrogens with zero attached hydrogens (tertiary/aromatic N) is 1. The first-order valence-corrected chi connectivity index (χ1v) is 7.38. The van der Waals surface area contributed by atoms with Crippen LogP contribution in [-0.2, 0) is 6.42 Å². The van der Waals surface area contributed by atoms with E-state index in [0.29, 0.717) is 5.75 Å². The zero-order chi connectivity index (χ0) is 16.4. The Labute approximate surface area is 134 Å². The predicted molar refractivity (Wildman–Crippen MR) is 87.2 cm³/mol. The van der Waals surface area contributed by atoms with Gasteiger partial charge in [-0.1, -0.05) is 12.1 Å². The second-order valence-corrected chi connectivity index (χ2v) is 5.41. The highest BCUT2D eigenvalue weighted by Gasteiger charge is 2.23. The molecule has 0 amide bonds. The van der Waals surface area contributed by atoms with Crippen LogP contribution in [0.25, 0.3) is 0 Å². The predicted octanol–water partition coefficient (Wildman–Crippen LogP) is 2.63. The highest BCUT2D eigenvalue weighted by Crippen LogP contribution is 2.37. The maximum absolute atomic E-state index is 10.9. The Bertz CT molecular complexity index is 686. The van der Waals surface area contributed by atoms with Crippen molar-refractivity contribution < 1.29 is 14.7 Å². The Morgan fingerprint density at radius 1 is 1.13 bits per heavy atom. The highest BCUT2D eigenvalue weighted by atomic mass is 16.8. The van der Waals surface area contributed by atoms with Crippen molar-refractivity contribution in [3.8, 4) is 11.5 Å². The molecule has 0 saturated carbocycles. The minimum absolute atomic E-state index is 0.00593.